The molecule has 2 fully saturated rings. The lowest BCUT2D eigenvalue weighted by Crippen LogP contribution is -2.39. The number of carbonyl (C=O) groups excluding carboxylic acids is 1. The minimum Gasteiger partial charge on any atom is -0.393 e. The van der Waals surface area contributed by atoms with Gasteiger partial charge in [0.1, 0.15) is 5.52 Å². The van der Waals surface area contributed by atoms with Crippen LogP contribution in [0.3, 0.4) is 0 Å². The van der Waals surface area contributed by atoms with Gasteiger partial charge >= 0.3 is 0 Å². The van der Waals surface area contributed by atoms with Gasteiger partial charge in [0.15, 0.2) is 5.82 Å². The van der Waals surface area contributed by atoms with Gasteiger partial charge in [0.2, 0.25) is 0 Å². The van der Waals surface area contributed by atoms with Crippen LogP contribution in [-0.4, -0.2) is 45.9 Å². The fourth-order valence-electron chi connectivity index (χ4n) is 3.96. The van der Waals surface area contributed by atoms with Crippen LogP contribution in [0.5, 0.6) is 0 Å². The third-order valence-electron chi connectivity index (χ3n) is 5.27. The molecule has 2 N–H and O–H groups in total. The number of rotatable bonds is 3. The fourth-order valence-corrected chi connectivity index (χ4v) is 3.96. The molecular weight excluding hydrogens is 323 g/mol. The molecule has 2 aromatic heterocycles. The maximum absolute atomic E-state index is 15.1. The van der Waals surface area contributed by atoms with E-state index in [0.717, 1.165) is 45.2 Å². The van der Waals surface area contributed by atoms with E-state index >= 15 is 4.39 Å². The lowest BCUT2D eigenvalue weighted by molar-refractivity contribution is 0.0851. The SMILES string of the molecule is O=C(NC1CCCC(O)C1)c1cnn2ccc(N3CCCC3)c(F)c12. The molecule has 134 valence electrons. The number of pyridine rings is 1. The molecule has 2 aliphatic rings. The molecule has 0 bridgehead atoms. The number of nitrogens with one attached hydrogen (secondary N) is 1. The van der Waals surface area contributed by atoms with Gasteiger partial charge in [-0.15, -0.1) is 0 Å². The van der Waals surface area contributed by atoms with Crippen LogP contribution in [0, 0.1) is 5.82 Å². The molecule has 7 heteroatoms. The molecular formula is C18H23FN4O2. The topological polar surface area (TPSA) is 69.9 Å². The van der Waals surface area contributed by atoms with Crippen LogP contribution in [-0.2, 0) is 0 Å². The molecule has 6 nitrogen and oxygen atoms in total. The molecule has 1 aliphatic heterocycles. The second-order valence-corrected chi connectivity index (χ2v) is 7.05. The van der Waals surface area contributed by atoms with Gasteiger partial charge in [-0.05, 0) is 44.6 Å². The van der Waals surface area contributed by atoms with Crippen molar-refractivity contribution >= 4 is 17.1 Å². The van der Waals surface area contributed by atoms with E-state index in [9.17, 15) is 9.90 Å². The number of hydrogen-bond donors (Lipinski definition) is 2. The van der Waals surface area contributed by atoms with Crippen molar-refractivity contribution in [1.29, 1.82) is 0 Å². The Hall–Kier alpha value is -2.15. The van der Waals surface area contributed by atoms with E-state index in [1.165, 1.54) is 10.7 Å². The molecule has 0 spiro atoms. The molecule has 25 heavy (non-hydrogen) atoms. The quantitative estimate of drug-likeness (QED) is 0.893. The monoisotopic (exact) mass is 346 g/mol. The number of hydrogen-bond acceptors (Lipinski definition) is 4. The number of carbonyl (C=O) groups is 1. The number of halogens is 1. The average molecular weight is 346 g/mol. The predicted octanol–water partition coefficient (Wildman–Crippen LogP) is 2.11. The smallest absolute Gasteiger partial charge is 0.255 e. The summed E-state index contributed by atoms with van der Waals surface area (Å²) in [5, 5.41) is 16.8. The third kappa shape index (κ3) is 3.08. The lowest BCUT2D eigenvalue weighted by Gasteiger charge is -2.26. The van der Waals surface area contributed by atoms with Gasteiger partial charge in [-0.2, -0.15) is 5.10 Å². The van der Waals surface area contributed by atoms with Gasteiger partial charge in [-0.1, -0.05) is 0 Å². The van der Waals surface area contributed by atoms with Crippen LogP contribution in [0.15, 0.2) is 18.5 Å². The first kappa shape index (κ1) is 16.3. The summed E-state index contributed by atoms with van der Waals surface area (Å²) in [7, 11) is 0. The Balaban J connectivity index is 1.62. The molecule has 2 aromatic rings. The Morgan fingerprint density at radius 2 is 2.08 bits per heavy atom. The second kappa shape index (κ2) is 6.63. The Kier molecular flexibility index (Phi) is 4.33. The minimum atomic E-state index is -0.393. The number of amides is 1. The van der Waals surface area contributed by atoms with Crippen molar-refractivity contribution in [2.75, 3.05) is 18.0 Å². The maximum Gasteiger partial charge on any atom is 0.255 e. The molecule has 4 rings (SSSR count). The van der Waals surface area contributed by atoms with E-state index in [2.05, 4.69) is 10.4 Å². The highest BCUT2D eigenvalue weighted by Crippen LogP contribution is 2.28. The van der Waals surface area contributed by atoms with E-state index in [-0.39, 0.29) is 29.1 Å². The Bertz CT molecular complexity index is 785. The van der Waals surface area contributed by atoms with Gasteiger partial charge in [0.05, 0.1) is 23.6 Å². The summed E-state index contributed by atoms with van der Waals surface area (Å²) in [5.41, 5.74) is 1.00. The minimum absolute atomic E-state index is 0.0731. The average Bonchev–Trinajstić information content (AvgIpc) is 3.25. The van der Waals surface area contributed by atoms with Crippen molar-refractivity contribution in [3.8, 4) is 0 Å². The molecule has 0 aromatic carbocycles. The van der Waals surface area contributed by atoms with Gasteiger partial charge in [-0.25, -0.2) is 8.91 Å². The first-order valence-corrected chi connectivity index (χ1v) is 9.03. The van der Waals surface area contributed by atoms with Crippen molar-refractivity contribution in [3.63, 3.8) is 0 Å². The summed E-state index contributed by atoms with van der Waals surface area (Å²) in [6, 6.07) is 1.65. The van der Waals surface area contributed by atoms with Crippen LogP contribution in [0.2, 0.25) is 0 Å². The molecule has 3 heterocycles. The molecule has 1 aliphatic carbocycles. The van der Waals surface area contributed by atoms with Crippen molar-refractivity contribution < 1.29 is 14.3 Å². The van der Waals surface area contributed by atoms with Crippen LogP contribution < -0.4 is 10.2 Å². The molecule has 2 atom stereocenters. The first-order valence-electron chi connectivity index (χ1n) is 9.03. The highest BCUT2D eigenvalue weighted by Gasteiger charge is 2.26. The number of anilines is 1. The standard InChI is InChI=1S/C18H23FN4O2/c19-16-15(22-7-1-2-8-22)6-9-23-17(16)14(11-20-23)18(25)21-12-4-3-5-13(24)10-12/h6,9,11-13,24H,1-5,7-8,10H2,(H,21,25). The zero-order valence-electron chi connectivity index (χ0n) is 14.1. The number of aromatic nitrogens is 2. The van der Waals surface area contributed by atoms with E-state index < -0.39 is 5.82 Å². The summed E-state index contributed by atoms with van der Waals surface area (Å²) in [6.45, 7) is 1.67. The normalized spacial score (nSPS) is 24.0. The number of fused-ring (bicyclic) bond motifs is 1. The highest BCUT2D eigenvalue weighted by molar-refractivity contribution is 6.01. The number of aliphatic hydroxyl groups excluding tert-OH is 1. The number of aliphatic hydroxyl groups is 1. The van der Waals surface area contributed by atoms with Gasteiger partial charge < -0.3 is 15.3 Å². The number of nitrogens with zero attached hydrogens (tertiary/aromatic N) is 3. The zero-order valence-corrected chi connectivity index (χ0v) is 14.1. The van der Waals surface area contributed by atoms with Gasteiger partial charge in [-0.3, -0.25) is 4.79 Å². The van der Waals surface area contributed by atoms with Gasteiger partial charge in [0.25, 0.3) is 5.91 Å². The first-order chi connectivity index (χ1) is 12.1. The Labute approximate surface area is 145 Å². The third-order valence-corrected chi connectivity index (χ3v) is 5.27. The van der Waals surface area contributed by atoms with Crippen LogP contribution >= 0.6 is 0 Å². The Morgan fingerprint density at radius 1 is 1.28 bits per heavy atom. The van der Waals surface area contributed by atoms with Crippen LogP contribution in [0.1, 0.15) is 48.9 Å². The molecule has 1 saturated heterocycles. The van der Waals surface area contributed by atoms with E-state index in [1.54, 1.807) is 12.3 Å². The van der Waals surface area contributed by atoms with E-state index in [1.807, 2.05) is 4.90 Å². The van der Waals surface area contributed by atoms with Crippen molar-refractivity contribution in [2.45, 2.75) is 50.7 Å². The second-order valence-electron chi connectivity index (χ2n) is 7.05. The summed E-state index contributed by atoms with van der Waals surface area (Å²) >= 11 is 0. The zero-order chi connectivity index (χ0) is 17.4. The maximum atomic E-state index is 15.1. The van der Waals surface area contributed by atoms with Crippen molar-refractivity contribution in [3.05, 3.63) is 29.8 Å². The summed E-state index contributed by atoms with van der Waals surface area (Å²) in [4.78, 5) is 14.7. The van der Waals surface area contributed by atoms with Crippen LogP contribution in [0.4, 0.5) is 10.1 Å². The predicted molar refractivity (Wildman–Crippen MR) is 92.3 cm³/mol. The van der Waals surface area contributed by atoms with E-state index in [0.29, 0.717) is 12.1 Å². The summed E-state index contributed by atoms with van der Waals surface area (Å²) in [5.74, 6) is -0.720. The van der Waals surface area contributed by atoms with Crippen molar-refractivity contribution in [2.24, 2.45) is 0 Å². The lowest BCUT2D eigenvalue weighted by atomic mass is 9.93. The highest BCUT2D eigenvalue weighted by atomic mass is 19.1. The van der Waals surface area contributed by atoms with E-state index in [4.69, 9.17) is 0 Å². The molecule has 0 radical (unpaired) electrons. The summed E-state index contributed by atoms with van der Waals surface area (Å²) in [6.07, 6.45) is 7.90. The molecule has 2 unspecified atom stereocenters. The van der Waals surface area contributed by atoms with Gasteiger partial charge in [0, 0.05) is 25.3 Å². The largest absolute Gasteiger partial charge is 0.393 e. The summed E-state index contributed by atoms with van der Waals surface area (Å²) < 4.78 is 16.5. The molecule has 1 amide bonds. The fraction of sp³-hybridized carbons (Fsp3) is 0.556. The molecule has 1 saturated carbocycles. The Morgan fingerprint density at radius 3 is 2.84 bits per heavy atom. The van der Waals surface area contributed by atoms with Crippen LogP contribution in [0.25, 0.3) is 5.52 Å². The van der Waals surface area contributed by atoms with Crippen molar-refractivity contribution in [1.82, 2.24) is 14.9 Å².